The first kappa shape index (κ1) is 19.5. The molecule has 0 bridgehead atoms. The van der Waals surface area contributed by atoms with Crippen LogP contribution >= 0.6 is 39.1 Å². The predicted octanol–water partition coefficient (Wildman–Crippen LogP) is 6.68. The molecule has 3 aromatic carbocycles. The van der Waals surface area contributed by atoms with Gasteiger partial charge in [0.15, 0.2) is 0 Å². The molecule has 1 heterocycles. The second-order valence-corrected chi connectivity index (χ2v) is 8.45. The molecule has 3 nitrogen and oxygen atoms in total. The highest BCUT2D eigenvalue weighted by Gasteiger charge is 2.27. The van der Waals surface area contributed by atoms with E-state index in [0.717, 1.165) is 26.9 Å². The molecule has 0 saturated carbocycles. The summed E-state index contributed by atoms with van der Waals surface area (Å²) in [6.45, 7) is 0. The van der Waals surface area contributed by atoms with Crippen molar-refractivity contribution in [3.63, 3.8) is 0 Å². The summed E-state index contributed by atoms with van der Waals surface area (Å²) in [4.78, 5) is 4.94. The summed E-state index contributed by atoms with van der Waals surface area (Å²) in [5.74, 6) is 0.216. The highest BCUT2D eigenvalue weighted by atomic mass is 79.9. The summed E-state index contributed by atoms with van der Waals surface area (Å²) in [6, 6.07) is 20.7. The molecule has 1 aliphatic rings. The Hall–Kier alpha value is -1.85. The van der Waals surface area contributed by atoms with Gasteiger partial charge in [-0.1, -0.05) is 63.4 Å². The van der Waals surface area contributed by atoms with Crippen LogP contribution in [0, 0.1) is 0 Å². The number of phenols is 1. The van der Waals surface area contributed by atoms with Gasteiger partial charge in [-0.2, -0.15) is 0 Å². The van der Waals surface area contributed by atoms with E-state index in [9.17, 15) is 5.11 Å². The van der Waals surface area contributed by atoms with E-state index in [1.807, 2.05) is 48.5 Å². The summed E-state index contributed by atoms with van der Waals surface area (Å²) >= 11 is 15.7. The molecule has 0 fully saturated rings. The first-order chi connectivity index (χ1) is 13.5. The third-order valence-corrected chi connectivity index (χ3v) is 5.79. The number of aromatic hydroxyl groups is 1. The Morgan fingerprint density at radius 3 is 2.32 bits per heavy atom. The van der Waals surface area contributed by atoms with E-state index in [0.29, 0.717) is 16.5 Å². The van der Waals surface area contributed by atoms with Crippen molar-refractivity contribution in [3.8, 4) is 5.75 Å². The van der Waals surface area contributed by atoms with Crippen molar-refractivity contribution < 1.29 is 5.11 Å². The third-order valence-electron chi connectivity index (χ3n) is 4.77. The Kier molecular flexibility index (Phi) is 5.74. The predicted molar refractivity (Wildman–Crippen MR) is 118 cm³/mol. The van der Waals surface area contributed by atoms with Crippen LogP contribution in [0.15, 0.2) is 76.2 Å². The minimum Gasteiger partial charge on any atom is -0.508 e. The molecule has 0 aliphatic carbocycles. The first-order valence-corrected chi connectivity index (χ1v) is 10.4. The Balaban J connectivity index is 1.76. The summed E-state index contributed by atoms with van der Waals surface area (Å²) in [5, 5.41) is 15.2. The molecule has 2 N–H and O–H groups in total. The molecule has 6 heteroatoms. The van der Waals surface area contributed by atoms with E-state index in [2.05, 4.69) is 21.2 Å². The van der Waals surface area contributed by atoms with Crippen molar-refractivity contribution in [1.29, 1.82) is 0 Å². The van der Waals surface area contributed by atoms with Crippen LogP contribution in [0.4, 0.5) is 0 Å². The van der Waals surface area contributed by atoms with Crippen LogP contribution in [0.3, 0.4) is 0 Å². The Morgan fingerprint density at radius 1 is 0.929 bits per heavy atom. The lowest BCUT2D eigenvalue weighted by molar-refractivity contribution is 0.413. The van der Waals surface area contributed by atoms with Gasteiger partial charge in [-0.05, 0) is 53.6 Å². The summed E-state index contributed by atoms with van der Waals surface area (Å²) in [6.07, 6.45) is 0.382. The second-order valence-electron chi connectivity index (χ2n) is 6.66. The molecule has 4 rings (SSSR count). The maximum Gasteiger partial charge on any atom is 0.126 e. The van der Waals surface area contributed by atoms with Crippen molar-refractivity contribution in [1.82, 2.24) is 5.32 Å². The average molecular weight is 476 g/mol. The molecule has 0 radical (unpaired) electrons. The molecule has 0 aromatic heterocycles. The highest BCUT2D eigenvalue weighted by molar-refractivity contribution is 9.10. The summed E-state index contributed by atoms with van der Waals surface area (Å²) in [7, 11) is 0. The van der Waals surface area contributed by atoms with Crippen molar-refractivity contribution in [2.45, 2.75) is 18.6 Å². The Morgan fingerprint density at radius 2 is 1.61 bits per heavy atom. The fourth-order valence-electron chi connectivity index (χ4n) is 3.34. The van der Waals surface area contributed by atoms with Crippen molar-refractivity contribution in [2.24, 2.45) is 4.99 Å². The molecule has 2 unspecified atom stereocenters. The maximum atomic E-state index is 10.4. The first-order valence-electron chi connectivity index (χ1n) is 8.82. The largest absolute Gasteiger partial charge is 0.508 e. The Labute approximate surface area is 182 Å². The quantitative estimate of drug-likeness (QED) is 0.443. The molecule has 2 atom stereocenters. The standard InChI is InChI=1S/C22H17BrCl2N2O/c23-15-5-1-13(2-6-15)19-12-20(18-11-17(25)9-10-21(18)28)27-22(26-19)14-3-7-16(24)8-4-14/h1-11,20,22,27-28H,12H2. The van der Waals surface area contributed by atoms with Gasteiger partial charge < -0.3 is 5.11 Å². The smallest absolute Gasteiger partial charge is 0.126 e. The molecule has 0 spiro atoms. The molecular formula is C22H17BrCl2N2O. The number of hydrogen-bond acceptors (Lipinski definition) is 3. The fourth-order valence-corrected chi connectivity index (χ4v) is 3.91. The van der Waals surface area contributed by atoms with Crippen LogP contribution in [0.2, 0.25) is 10.0 Å². The lowest BCUT2D eigenvalue weighted by atomic mass is 9.93. The van der Waals surface area contributed by atoms with Gasteiger partial charge in [0.2, 0.25) is 0 Å². The zero-order chi connectivity index (χ0) is 19.7. The molecule has 142 valence electrons. The topological polar surface area (TPSA) is 44.6 Å². The molecule has 3 aromatic rings. The van der Waals surface area contributed by atoms with E-state index >= 15 is 0 Å². The number of nitrogens with zero attached hydrogens (tertiary/aromatic N) is 1. The highest BCUT2D eigenvalue weighted by Crippen LogP contribution is 2.36. The number of aliphatic imine (C=N–C) groups is 1. The van der Waals surface area contributed by atoms with Gasteiger partial charge in [-0.25, -0.2) is 0 Å². The second kappa shape index (κ2) is 8.26. The average Bonchev–Trinajstić information content (AvgIpc) is 2.70. The lowest BCUT2D eigenvalue weighted by Crippen LogP contribution is -2.33. The number of hydrogen-bond donors (Lipinski definition) is 2. The van der Waals surface area contributed by atoms with Gasteiger partial charge in [0.25, 0.3) is 0 Å². The number of benzene rings is 3. The van der Waals surface area contributed by atoms with Crippen LogP contribution in [-0.4, -0.2) is 10.8 Å². The molecule has 1 aliphatic heterocycles. The van der Waals surface area contributed by atoms with Crippen LogP contribution in [0.5, 0.6) is 5.75 Å². The minimum absolute atomic E-state index is 0.129. The van der Waals surface area contributed by atoms with E-state index in [1.54, 1.807) is 18.2 Å². The monoisotopic (exact) mass is 474 g/mol. The van der Waals surface area contributed by atoms with Gasteiger partial charge in [0, 0.05) is 38.3 Å². The van der Waals surface area contributed by atoms with Crippen LogP contribution < -0.4 is 5.32 Å². The van der Waals surface area contributed by atoms with E-state index in [-0.39, 0.29) is 18.0 Å². The lowest BCUT2D eigenvalue weighted by Gasteiger charge is -2.31. The summed E-state index contributed by atoms with van der Waals surface area (Å²) < 4.78 is 1.02. The van der Waals surface area contributed by atoms with Crippen molar-refractivity contribution in [3.05, 3.63) is 97.9 Å². The van der Waals surface area contributed by atoms with Crippen molar-refractivity contribution in [2.75, 3.05) is 0 Å². The van der Waals surface area contributed by atoms with Crippen LogP contribution in [-0.2, 0) is 0 Å². The SMILES string of the molecule is Oc1ccc(Cl)cc1C1CC(c2ccc(Br)cc2)=NC(c2ccc(Cl)cc2)N1. The fraction of sp³-hybridized carbons (Fsp3) is 0.136. The number of rotatable bonds is 3. The Bertz CT molecular complexity index is 1020. The van der Waals surface area contributed by atoms with E-state index in [1.165, 1.54) is 0 Å². The van der Waals surface area contributed by atoms with Crippen LogP contribution in [0.25, 0.3) is 0 Å². The molecular weight excluding hydrogens is 459 g/mol. The number of nitrogens with one attached hydrogen (secondary N) is 1. The zero-order valence-corrected chi connectivity index (χ0v) is 17.8. The van der Waals surface area contributed by atoms with Gasteiger partial charge in [-0.15, -0.1) is 0 Å². The van der Waals surface area contributed by atoms with Crippen LogP contribution in [0.1, 0.15) is 35.3 Å². The van der Waals surface area contributed by atoms with Gasteiger partial charge in [0.05, 0.1) is 0 Å². The molecule has 0 saturated heterocycles. The van der Waals surface area contributed by atoms with Gasteiger partial charge >= 0.3 is 0 Å². The molecule has 0 amide bonds. The van der Waals surface area contributed by atoms with Gasteiger partial charge in [0.1, 0.15) is 11.9 Å². The van der Waals surface area contributed by atoms with E-state index < -0.39 is 0 Å². The van der Waals surface area contributed by atoms with Gasteiger partial charge in [-0.3, -0.25) is 10.3 Å². The van der Waals surface area contributed by atoms with E-state index in [4.69, 9.17) is 28.2 Å². The number of halogens is 3. The van der Waals surface area contributed by atoms with Crippen molar-refractivity contribution >= 4 is 44.8 Å². The molecule has 28 heavy (non-hydrogen) atoms. The number of phenolic OH excluding ortho intramolecular Hbond substituents is 1. The maximum absolute atomic E-state index is 10.4. The third kappa shape index (κ3) is 4.26. The minimum atomic E-state index is -0.256. The normalized spacial score (nSPS) is 19.3. The summed E-state index contributed by atoms with van der Waals surface area (Å²) in [5.41, 5.74) is 3.78. The zero-order valence-electron chi connectivity index (χ0n) is 14.7.